The first-order chi connectivity index (χ1) is 13.6. The van der Waals surface area contributed by atoms with Crippen molar-refractivity contribution in [2.24, 2.45) is 0 Å². The lowest BCUT2D eigenvalue weighted by Crippen LogP contribution is -2.24. The number of fused-ring (bicyclic) bond motifs is 1. The molecule has 0 atom stereocenters. The second-order valence-corrected chi connectivity index (χ2v) is 7.03. The van der Waals surface area contributed by atoms with Crippen LogP contribution in [0.4, 0.5) is 5.13 Å². The molecule has 1 amide bonds. The minimum absolute atomic E-state index is 0.0384. The number of methoxy groups -OCH3 is 1. The summed E-state index contributed by atoms with van der Waals surface area (Å²) in [6, 6.07) is 17.1. The number of carbonyl (C=O) groups is 1. The van der Waals surface area contributed by atoms with E-state index in [0.717, 1.165) is 15.8 Å². The van der Waals surface area contributed by atoms with Crippen LogP contribution in [0.2, 0.25) is 0 Å². The molecule has 0 spiro atoms. The molecule has 0 aliphatic carbocycles. The summed E-state index contributed by atoms with van der Waals surface area (Å²) in [6.45, 7) is 0. The average molecular weight is 392 g/mol. The molecule has 0 saturated heterocycles. The highest BCUT2D eigenvalue weighted by Gasteiger charge is 2.19. The topological polar surface area (TPSA) is 97.0 Å². The van der Waals surface area contributed by atoms with Crippen molar-refractivity contribution in [2.75, 3.05) is 12.4 Å². The highest BCUT2D eigenvalue weighted by Crippen LogP contribution is 2.26. The van der Waals surface area contributed by atoms with E-state index in [1.54, 1.807) is 0 Å². The number of carbonyl (C=O) groups excluding carboxylic acids is 1. The number of hydrogen-bond donors (Lipinski definition) is 2. The fraction of sp³-hybridized carbons (Fsp3) is 0.100. The number of benzene rings is 2. The quantitative estimate of drug-likeness (QED) is 0.543. The van der Waals surface area contributed by atoms with Crippen LogP contribution in [0.1, 0.15) is 21.7 Å². The summed E-state index contributed by atoms with van der Waals surface area (Å²) in [6.07, 6.45) is 0.340. The maximum absolute atomic E-state index is 12.7. The zero-order chi connectivity index (χ0) is 19.5. The normalized spacial score (nSPS) is 10.8. The maximum Gasteiger partial charge on any atom is 0.279 e. The zero-order valence-electron chi connectivity index (χ0n) is 14.9. The van der Waals surface area contributed by atoms with Crippen molar-refractivity contribution < 1.29 is 9.53 Å². The van der Waals surface area contributed by atoms with Gasteiger partial charge >= 0.3 is 0 Å². The molecule has 0 aliphatic rings. The summed E-state index contributed by atoms with van der Waals surface area (Å²) >= 11 is 1.35. The van der Waals surface area contributed by atoms with Crippen LogP contribution >= 0.6 is 11.3 Å². The molecule has 4 rings (SSSR count). The Morgan fingerprint density at radius 3 is 2.61 bits per heavy atom. The van der Waals surface area contributed by atoms with Gasteiger partial charge in [-0.1, -0.05) is 53.8 Å². The molecular weight excluding hydrogens is 376 g/mol. The number of nitrogens with zero attached hydrogens (tertiary/aromatic N) is 2. The summed E-state index contributed by atoms with van der Waals surface area (Å²) in [5, 5.41) is 3.13. The van der Waals surface area contributed by atoms with E-state index < -0.39 is 11.5 Å². The second kappa shape index (κ2) is 7.61. The van der Waals surface area contributed by atoms with Crippen molar-refractivity contribution in [3.63, 3.8) is 0 Å². The van der Waals surface area contributed by atoms with Crippen molar-refractivity contribution in [2.45, 2.75) is 6.42 Å². The molecular formula is C20H16N4O3S. The van der Waals surface area contributed by atoms with Gasteiger partial charge in [0.05, 0.1) is 17.3 Å². The monoisotopic (exact) mass is 392 g/mol. The van der Waals surface area contributed by atoms with E-state index in [4.69, 9.17) is 4.74 Å². The molecule has 0 bridgehead atoms. The van der Waals surface area contributed by atoms with Gasteiger partial charge in [-0.3, -0.25) is 14.9 Å². The Morgan fingerprint density at radius 2 is 1.86 bits per heavy atom. The summed E-state index contributed by atoms with van der Waals surface area (Å²) in [7, 11) is 1.40. The lowest BCUT2D eigenvalue weighted by atomic mass is 10.1. The minimum atomic E-state index is -0.535. The van der Waals surface area contributed by atoms with E-state index in [9.17, 15) is 9.59 Å². The minimum Gasteiger partial charge on any atom is -0.479 e. The molecule has 28 heavy (non-hydrogen) atoms. The van der Waals surface area contributed by atoms with E-state index in [1.807, 2.05) is 54.6 Å². The fourth-order valence-electron chi connectivity index (χ4n) is 2.76. The summed E-state index contributed by atoms with van der Waals surface area (Å²) in [4.78, 5) is 36.3. The van der Waals surface area contributed by atoms with Gasteiger partial charge in [0.1, 0.15) is 5.69 Å². The first-order valence-electron chi connectivity index (χ1n) is 8.52. The number of rotatable bonds is 5. The molecule has 7 nitrogen and oxygen atoms in total. The first kappa shape index (κ1) is 17.9. The Morgan fingerprint density at radius 1 is 1.11 bits per heavy atom. The van der Waals surface area contributed by atoms with E-state index >= 15 is 0 Å². The Kier molecular flexibility index (Phi) is 4.86. The largest absolute Gasteiger partial charge is 0.479 e. The van der Waals surface area contributed by atoms with Crippen LogP contribution in [0.25, 0.3) is 10.2 Å². The molecule has 0 unspecified atom stereocenters. The molecule has 0 radical (unpaired) electrons. The van der Waals surface area contributed by atoms with Gasteiger partial charge in [0, 0.05) is 6.42 Å². The third kappa shape index (κ3) is 3.63. The van der Waals surface area contributed by atoms with Gasteiger partial charge in [-0.25, -0.2) is 9.97 Å². The second-order valence-electron chi connectivity index (χ2n) is 6.00. The lowest BCUT2D eigenvalue weighted by Gasteiger charge is -2.09. The van der Waals surface area contributed by atoms with Gasteiger partial charge in [0.2, 0.25) is 5.88 Å². The van der Waals surface area contributed by atoms with Crippen molar-refractivity contribution >= 4 is 32.6 Å². The van der Waals surface area contributed by atoms with Crippen LogP contribution in [-0.4, -0.2) is 28.0 Å². The van der Waals surface area contributed by atoms with Crippen molar-refractivity contribution in [3.05, 3.63) is 81.9 Å². The van der Waals surface area contributed by atoms with Crippen LogP contribution in [0, 0.1) is 0 Å². The number of nitrogens with one attached hydrogen (secondary N) is 2. The maximum atomic E-state index is 12.7. The summed E-state index contributed by atoms with van der Waals surface area (Å²) in [5.41, 5.74) is 1.54. The number of H-pyrrole nitrogens is 1. The van der Waals surface area contributed by atoms with Crippen molar-refractivity contribution in [1.82, 2.24) is 15.0 Å². The lowest BCUT2D eigenvalue weighted by molar-refractivity contribution is 0.101. The van der Waals surface area contributed by atoms with Gasteiger partial charge < -0.3 is 9.72 Å². The van der Waals surface area contributed by atoms with Gasteiger partial charge in [-0.2, -0.15) is 0 Å². The van der Waals surface area contributed by atoms with Crippen LogP contribution in [0.3, 0.4) is 0 Å². The number of thiazole rings is 1. The molecule has 8 heteroatoms. The Bertz CT molecular complexity index is 1170. The van der Waals surface area contributed by atoms with Crippen molar-refractivity contribution in [3.8, 4) is 5.88 Å². The molecule has 140 valence electrons. The standard InChI is InChI=1S/C20H16N4O3S/c1-27-19-16(18(26)24-20-22-13-9-5-6-10-15(13)28-20)23-17(25)14(21-19)11-12-7-3-2-4-8-12/h2-10H,11H2,1H3,(H,23,25)(H,22,24,26). The average Bonchev–Trinajstić information content (AvgIpc) is 3.12. The highest BCUT2D eigenvalue weighted by atomic mass is 32.1. The van der Waals surface area contributed by atoms with Crippen LogP contribution in [0.15, 0.2) is 59.4 Å². The van der Waals surface area contributed by atoms with E-state index in [0.29, 0.717) is 11.6 Å². The third-order valence-electron chi connectivity index (χ3n) is 4.10. The Hall–Kier alpha value is -3.52. The molecule has 0 fully saturated rings. The molecule has 4 aromatic rings. The Balaban J connectivity index is 1.62. The molecule has 0 aliphatic heterocycles. The Labute approximate surface area is 164 Å². The number of aromatic nitrogens is 3. The highest BCUT2D eigenvalue weighted by molar-refractivity contribution is 7.22. The predicted octanol–water partition coefficient (Wildman–Crippen LogP) is 3.23. The molecule has 2 N–H and O–H groups in total. The smallest absolute Gasteiger partial charge is 0.279 e. The van der Waals surface area contributed by atoms with Crippen LogP contribution in [-0.2, 0) is 6.42 Å². The fourth-order valence-corrected chi connectivity index (χ4v) is 3.63. The summed E-state index contributed by atoms with van der Waals surface area (Å²) < 4.78 is 6.19. The van der Waals surface area contributed by atoms with Gasteiger partial charge in [0.25, 0.3) is 11.5 Å². The summed E-state index contributed by atoms with van der Waals surface area (Å²) in [5.74, 6) is -0.476. The zero-order valence-corrected chi connectivity index (χ0v) is 15.7. The SMILES string of the molecule is COc1nc(Cc2ccccc2)c(=O)[nH]c1C(=O)Nc1nc2ccccc2s1. The first-order valence-corrected chi connectivity index (χ1v) is 9.33. The van der Waals surface area contributed by atoms with Crippen LogP contribution in [0.5, 0.6) is 5.88 Å². The van der Waals surface area contributed by atoms with Crippen molar-refractivity contribution in [1.29, 1.82) is 0 Å². The van der Waals surface area contributed by atoms with Gasteiger partial charge in [-0.15, -0.1) is 0 Å². The molecule has 2 aromatic carbocycles. The van der Waals surface area contributed by atoms with Crippen LogP contribution < -0.4 is 15.6 Å². The van der Waals surface area contributed by atoms with Gasteiger partial charge in [0.15, 0.2) is 10.8 Å². The number of ether oxygens (including phenoxy) is 1. The van der Waals surface area contributed by atoms with Gasteiger partial charge in [-0.05, 0) is 17.7 Å². The predicted molar refractivity (Wildman–Crippen MR) is 108 cm³/mol. The van der Waals surface area contributed by atoms with E-state index in [-0.39, 0.29) is 17.3 Å². The number of para-hydroxylation sites is 1. The molecule has 2 heterocycles. The third-order valence-corrected chi connectivity index (χ3v) is 5.05. The number of anilines is 1. The molecule has 2 aromatic heterocycles. The van der Waals surface area contributed by atoms with E-state index in [1.165, 1.54) is 18.4 Å². The molecule has 0 saturated carbocycles. The van der Waals surface area contributed by atoms with E-state index in [2.05, 4.69) is 20.3 Å². The number of amides is 1. The number of aromatic amines is 1. The number of hydrogen-bond acceptors (Lipinski definition) is 6.